The normalized spacial score (nSPS) is 14.5. The highest BCUT2D eigenvalue weighted by molar-refractivity contribution is 8.93. The van der Waals surface area contributed by atoms with Crippen LogP contribution < -0.4 is 5.32 Å². The Bertz CT molecular complexity index is 558. The molecular formula is C11H14BrNO3S. The van der Waals surface area contributed by atoms with Gasteiger partial charge in [0.25, 0.3) is 0 Å². The van der Waals surface area contributed by atoms with E-state index in [0.717, 1.165) is 11.1 Å². The SMILES string of the molecule is Br.Cc1ccc(O)c2c1C(=S(=O)=O)CNCC2. The second kappa shape index (κ2) is 5.66. The number of hydrogen-bond acceptors (Lipinski definition) is 4. The molecule has 2 rings (SSSR count). The van der Waals surface area contributed by atoms with Crippen molar-refractivity contribution in [3.8, 4) is 5.75 Å². The number of rotatable bonds is 0. The zero-order valence-corrected chi connectivity index (χ0v) is 11.9. The van der Waals surface area contributed by atoms with Crippen molar-refractivity contribution in [2.24, 2.45) is 0 Å². The molecule has 94 valence electrons. The highest BCUT2D eigenvalue weighted by Crippen LogP contribution is 2.26. The smallest absolute Gasteiger partial charge is 0.219 e. The van der Waals surface area contributed by atoms with Gasteiger partial charge >= 0.3 is 0 Å². The number of aryl methyl sites for hydroxylation is 1. The Kier molecular flexibility index (Phi) is 4.73. The summed E-state index contributed by atoms with van der Waals surface area (Å²) in [6.07, 6.45) is 0.642. The van der Waals surface area contributed by atoms with Crippen molar-refractivity contribution in [2.75, 3.05) is 13.1 Å². The molecule has 0 atom stereocenters. The summed E-state index contributed by atoms with van der Waals surface area (Å²) < 4.78 is 22.3. The van der Waals surface area contributed by atoms with E-state index in [1.165, 1.54) is 0 Å². The lowest BCUT2D eigenvalue weighted by Crippen LogP contribution is -2.22. The lowest BCUT2D eigenvalue weighted by molar-refractivity contribution is 0.467. The highest BCUT2D eigenvalue weighted by Gasteiger charge is 2.19. The van der Waals surface area contributed by atoms with Crippen LogP contribution in [0, 0.1) is 6.92 Å². The van der Waals surface area contributed by atoms with Crippen molar-refractivity contribution < 1.29 is 13.5 Å². The molecule has 4 nitrogen and oxygen atoms in total. The summed E-state index contributed by atoms with van der Waals surface area (Å²) in [5, 5.41) is 12.8. The maximum atomic E-state index is 11.2. The monoisotopic (exact) mass is 319 g/mol. The minimum absolute atomic E-state index is 0. The van der Waals surface area contributed by atoms with E-state index in [4.69, 9.17) is 0 Å². The second-order valence-corrected chi connectivity index (χ2v) is 4.80. The summed E-state index contributed by atoms with van der Waals surface area (Å²) in [7, 11) is -2.25. The van der Waals surface area contributed by atoms with Crippen LogP contribution in [0.3, 0.4) is 0 Å². The molecular weight excluding hydrogens is 306 g/mol. The molecule has 1 heterocycles. The Labute approximate surface area is 112 Å². The average Bonchev–Trinajstić information content (AvgIpc) is 2.46. The maximum Gasteiger partial charge on any atom is 0.219 e. The molecule has 1 aromatic rings. The van der Waals surface area contributed by atoms with E-state index in [0.29, 0.717) is 29.9 Å². The number of benzene rings is 1. The fourth-order valence-electron chi connectivity index (χ4n) is 2.04. The molecule has 6 heteroatoms. The van der Waals surface area contributed by atoms with Gasteiger partial charge in [0.05, 0.1) is 4.86 Å². The van der Waals surface area contributed by atoms with Gasteiger partial charge < -0.3 is 10.4 Å². The van der Waals surface area contributed by atoms with Gasteiger partial charge in [-0.05, 0) is 31.5 Å². The van der Waals surface area contributed by atoms with Gasteiger partial charge in [0.1, 0.15) is 5.75 Å². The molecule has 0 radical (unpaired) electrons. The average molecular weight is 320 g/mol. The van der Waals surface area contributed by atoms with Gasteiger partial charge in [-0.15, -0.1) is 17.0 Å². The van der Waals surface area contributed by atoms with Gasteiger partial charge in [-0.1, -0.05) is 6.07 Å². The van der Waals surface area contributed by atoms with Crippen LogP contribution in [-0.2, 0) is 16.7 Å². The van der Waals surface area contributed by atoms with Crippen LogP contribution in [0.15, 0.2) is 12.1 Å². The number of hydrogen-bond donors (Lipinski definition) is 2. The molecule has 0 spiro atoms. The van der Waals surface area contributed by atoms with E-state index in [1.807, 2.05) is 6.92 Å². The topological polar surface area (TPSA) is 66.4 Å². The summed E-state index contributed by atoms with van der Waals surface area (Å²) >= 11 is 0. The molecule has 17 heavy (non-hydrogen) atoms. The Hall–Kier alpha value is -0.850. The van der Waals surface area contributed by atoms with Gasteiger partial charge in [-0.2, -0.15) is 8.42 Å². The number of phenolic OH excluding ortho intramolecular Hbond substituents is 1. The van der Waals surface area contributed by atoms with Crippen LogP contribution in [0.2, 0.25) is 0 Å². The standard InChI is InChI=1S/C11H13NO3S.BrH/c1-7-2-3-9(13)8-4-5-12-6-10(11(7)8)16(14)15;/h2-3,12-13H,4-6H2,1H3;1H. The molecule has 0 bridgehead atoms. The van der Waals surface area contributed by atoms with Crippen LogP contribution in [0.25, 0.3) is 0 Å². The summed E-state index contributed by atoms with van der Waals surface area (Å²) in [5.41, 5.74) is 2.29. The molecule has 0 unspecified atom stereocenters. The van der Waals surface area contributed by atoms with Crippen molar-refractivity contribution in [1.82, 2.24) is 5.32 Å². The van der Waals surface area contributed by atoms with Crippen molar-refractivity contribution in [3.05, 3.63) is 28.8 Å². The molecule has 1 aliphatic rings. The van der Waals surface area contributed by atoms with Crippen LogP contribution in [0.5, 0.6) is 5.75 Å². The molecule has 0 saturated carbocycles. The fourth-order valence-corrected chi connectivity index (χ4v) is 2.71. The van der Waals surface area contributed by atoms with Crippen LogP contribution >= 0.6 is 17.0 Å². The molecule has 0 aliphatic carbocycles. The third-order valence-corrected chi connectivity index (χ3v) is 3.56. The first-order valence-electron chi connectivity index (χ1n) is 5.09. The Balaban J connectivity index is 0.00000144. The van der Waals surface area contributed by atoms with Gasteiger partial charge in [0.15, 0.2) is 0 Å². The molecule has 0 amide bonds. The number of nitrogens with one attached hydrogen (secondary N) is 1. The Morgan fingerprint density at radius 1 is 1.35 bits per heavy atom. The van der Waals surface area contributed by atoms with Gasteiger partial charge in [0.2, 0.25) is 10.3 Å². The van der Waals surface area contributed by atoms with E-state index in [2.05, 4.69) is 5.32 Å². The van der Waals surface area contributed by atoms with E-state index in [9.17, 15) is 13.5 Å². The van der Waals surface area contributed by atoms with Crippen LogP contribution in [-0.4, -0.2) is 31.5 Å². The zero-order valence-electron chi connectivity index (χ0n) is 9.36. The molecule has 1 aromatic carbocycles. The van der Waals surface area contributed by atoms with Crippen molar-refractivity contribution >= 4 is 32.1 Å². The molecule has 2 N–H and O–H groups in total. The van der Waals surface area contributed by atoms with E-state index >= 15 is 0 Å². The molecule has 1 aliphatic heterocycles. The minimum Gasteiger partial charge on any atom is -0.508 e. The molecule has 0 aromatic heterocycles. The van der Waals surface area contributed by atoms with Crippen LogP contribution in [0.4, 0.5) is 0 Å². The lowest BCUT2D eigenvalue weighted by atomic mass is 9.97. The molecule has 0 saturated heterocycles. The van der Waals surface area contributed by atoms with E-state index in [1.54, 1.807) is 12.1 Å². The predicted octanol–water partition coefficient (Wildman–Crippen LogP) is 0.824. The maximum absolute atomic E-state index is 11.2. The fraction of sp³-hybridized carbons (Fsp3) is 0.364. The number of halogens is 1. The first kappa shape index (κ1) is 14.2. The predicted molar refractivity (Wildman–Crippen MR) is 72.8 cm³/mol. The number of aromatic hydroxyl groups is 1. The van der Waals surface area contributed by atoms with Gasteiger partial charge in [0, 0.05) is 17.7 Å². The lowest BCUT2D eigenvalue weighted by Gasteiger charge is -2.10. The Morgan fingerprint density at radius 2 is 2.06 bits per heavy atom. The highest BCUT2D eigenvalue weighted by atomic mass is 79.9. The van der Waals surface area contributed by atoms with Crippen molar-refractivity contribution in [1.29, 1.82) is 0 Å². The number of phenols is 1. The largest absolute Gasteiger partial charge is 0.508 e. The Morgan fingerprint density at radius 3 is 2.71 bits per heavy atom. The van der Waals surface area contributed by atoms with Crippen molar-refractivity contribution in [3.63, 3.8) is 0 Å². The third kappa shape index (κ3) is 2.70. The third-order valence-electron chi connectivity index (χ3n) is 2.81. The molecule has 0 fully saturated rings. The first-order valence-corrected chi connectivity index (χ1v) is 6.16. The summed E-state index contributed by atoms with van der Waals surface area (Å²) in [5.74, 6) is 0.173. The van der Waals surface area contributed by atoms with Gasteiger partial charge in [-0.25, -0.2) is 0 Å². The van der Waals surface area contributed by atoms with Crippen LogP contribution in [0.1, 0.15) is 16.7 Å². The van der Waals surface area contributed by atoms with E-state index < -0.39 is 10.3 Å². The summed E-state index contributed by atoms with van der Waals surface area (Å²) in [6.45, 7) is 2.86. The van der Waals surface area contributed by atoms with Gasteiger partial charge in [-0.3, -0.25) is 0 Å². The summed E-state index contributed by atoms with van der Waals surface area (Å²) in [6, 6.07) is 3.36. The zero-order chi connectivity index (χ0) is 11.7. The van der Waals surface area contributed by atoms with E-state index in [-0.39, 0.29) is 22.7 Å². The quantitative estimate of drug-likeness (QED) is 0.695. The minimum atomic E-state index is -2.25. The van der Waals surface area contributed by atoms with Crippen molar-refractivity contribution in [2.45, 2.75) is 13.3 Å². The second-order valence-electron chi connectivity index (χ2n) is 3.84. The number of fused-ring (bicyclic) bond motifs is 1. The first-order chi connectivity index (χ1) is 7.61. The summed E-state index contributed by atoms with van der Waals surface area (Å²) in [4.78, 5) is 0.334.